The molecule has 0 amide bonds. The van der Waals surface area contributed by atoms with Crippen molar-refractivity contribution in [2.45, 2.75) is 17.2 Å². The summed E-state index contributed by atoms with van der Waals surface area (Å²) in [5.41, 5.74) is 5.55. The number of rotatable bonds is 2. The minimum Gasteiger partial charge on any atom is -0.384 e. The van der Waals surface area contributed by atoms with E-state index in [-0.39, 0.29) is 0 Å². The molecule has 6 nitrogen and oxygen atoms in total. The smallest absolute Gasteiger partial charge is 0.198 e. The summed E-state index contributed by atoms with van der Waals surface area (Å²) in [6.07, 6.45) is 1.62. The quantitative estimate of drug-likeness (QED) is 0.751. The number of nitrogen functional groups attached to an aromatic ring is 1. The van der Waals surface area contributed by atoms with Gasteiger partial charge in [-0.05, 0) is 24.8 Å². The first-order chi connectivity index (χ1) is 7.16. The molecule has 0 unspecified atom stereocenters. The third kappa shape index (κ3) is 2.07. The van der Waals surface area contributed by atoms with E-state index in [2.05, 4.69) is 20.2 Å². The van der Waals surface area contributed by atoms with Crippen molar-refractivity contribution in [3.05, 3.63) is 18.1 Å². The molecule has 0 saturated carbocycles. The van der Waals surface area contributed by atoms with E-state index in [1.807, 2.05) is 18.5 Å². The first-order valence-electron chi connectivity index (χ1n) is 4.29. The highest BCUT2D eigenvalue weighted by Gasteiger charge is 2.08. The van der Waals surface area contributed by atoms with Crippen molar-refractivity contribution in [3.63, 3.8) is 0 Å². The van der Waals surface area contributed by atoms with Crippen LogP contribution in [0.15, 0.2) is 22.6 Å². The van der Waals surface area contributed by atoms with Crippen molar-refractivity contribution in [2.75, 3.05) is 5.73 Å². The van der Waals surface area contributed by atoms with Gasteiger partial charge in [0.2, 0.25) is 0 Å². The minimum absolute atomic E-state index is 0.450. The van der Waals surface area contributed by atoms with Crippen molar-refractivity contribution in [1.82, 2.24) is 24.7 Å². The maximum absolute atomic E-state index is 5.55. The molecule has 0 aliphatic heterocycles. The van der Waals surface area contributed by atoms with E-state index in [4.69, 9.17) is 5.73 Å². The van der Waals surface area contributed by atoms with Crippen LogP contribution in [0.5, 0.6) is 0 Å². The van der Waals surface area contributed by atoms with Crippen molar-refractivity contribution in [2.24, 2.45) is 7.05 Å². The van der Waals surface area contributed by atoms with Gasteiger partial charge in [0.25, 0.3) is 0 Å². The summed E-state index contributed by atoms with van der Waals surface area (Å²) in [7, 11) is 1.89. The molecular formula is C8H10N6S. The summed E-state index contributed by atoms with van der Waals surface area (Å²) in [4.78, 5) is 8.14. The fourth-order valence-electron chi connectivity index (χ4n) is 0.961. The van der Waals surface area contributed by atoms with Gasteiger partial charge in [0.15, 0.2) is 10.3 Å². The number of aromatic nitrogens is 5. The molecule has 78 valence electrons. The molecule has 2 N–H and O–H groups in total. The van der Waals surface area contributed by atoms with Gasteiger partial charge in [-0.15, -0.1) is 10.2 Å². The molecule has 2 heterocycles. The van der Waals surface area contributed by atoms with E-state index in [1.165, 1.54) is 11.8 Å². The summed E-state index contributed by atoms with van der Waals surface area (Å²) in [6.45, 7) is 1.89. The number of nitrogens with two attached hydrogens (primary N) is 1. The molecular weight excluding hydrogens is 212 g/mol. The maximum atomic E-state index is 5.55. The zero-order chi connectivity index (χ0) is 10.8. The monoisotopic (exact) mass is 222 g/mol. The summed E-state index contributed by atoms with van der Waals surface area (Å²) >= 11 is 1.34. The highest BCUT2D eigenvalue weighted by atomic mass is 32.2. The van der Waals surface area contributed by atoms with Crippen LogP contribution in [-0.2, 0) is 7.05 Å². The molecule has 2 aromatic rings. The van der Waals surface area contributed by atoms with Crippen molar-refractivity contribution < 1.29 is 0 Å². The maximum Gasteiger partial charge on any atom is 0.198 e. The van der Waals surface area contributed by atoms with Crippen LogP contribution in [0, 0.1) is 6.92 Å². The van der Waals surface area contributed by atoms with Crippen LogP contribution in [0.4, 0.5) is 5.82 Å². The molecule has 0 atom stereocenters. The number of nitrogens with zero attached hydrogens (tertiary/aromatic N) is 5. The fourth-order valence-corrected chi connectivity index (χ4v) is 1.74. The summed E-state index contributed by atoms with van der Waals surface area (Å²) < 4.78 is 1.87. The van der Waals surface area contributed by atoms with Crippen LogP contribution in [0.25, 0.3) is 0 Å². The Kier molecular flexibility index (Phi) is 2.55. The Morgan fingerprint density at radius 3 is 2.80 bits per heavy atom. The van der Waals surface area contributed by atoms with Gasteiger partial charge in [0.05, 0.1) is 0 Å². The Balaban J connectivity index is 2.26. The molecule has 15 heavy (non-hydrogen) atoms. The molecule has 0 aliphatic rings. The molecule has 2 rings (SSSR count). The average molecular weight is 222 g/mol. The summed E-state index contributed by atoms with van der Waals surface area (Å²) in [5.74, 6) is 1.30. The number of hydrogen-bond acceptors (Lipinski definition) is 6. The molecule has 7 heteroatoms. The van der Waals surface area contributed by atoms with Crippen LogP contribution in [0.2, 0.25) is 0 Å². The van der Waals surface area contributed by atoms with E-state index in [1.54, 1.807) is 12.3 Å². The van der Waals surface area contributed by atoms with Crippen LogP contribution >= 0.6 is 11.8 Å². The zero-order valence-electron chi connectivity index (χ0n) is 8.38. The van der Waals surface area contributed by atoms with Gasteiger partial charge in [-0.3, -0.25) is 0 Å². The predicted molar refractivity (Wildman–Crippen MR) is 56.3 cm³/mol. The van der Waals surface area contributed by atoms with Crippen molar-refractivity contribution >= 4 is 17.6 Å². The Morgan fingerprint density at radius 1 is 1.40 bits per heavy atom. The SMILES string of the molecule is Cc1nnc(Sc2nccc(N)n2)n1C. The van der Waals surface area contributed by atoms with E-state index in [9.17, 15) is 0 Å². The van der Waals surface area contributed by atoms with Crippen LogP contribution in [-0.4, -0.2) is 24.7 Å². The lowest BCUT2D eigenvalue weighted by molar-refractivity contribution is 0.762. The molecule has 0 radical (unpaired) electrons. The summed E-state index contributed by atoms with van der Waals surface area (Å²) in [6, 6.07) is 1.64. The lowest BCUT2D eigenvalue weighted by Crippen LogP contribution is -1.96. The number of aryl methyl sites for hydroxylation is 1. The first kappa shape index (κ1) is 9.91. The van der Waals surface area contributed by atoms with E-state index < -0.39 is 0 Å². The molecule has 0 aliphatic carbocycles. The lowest BCUT2D eigenvalue weighted by Gasteiger charge is -2.00. The standard InChI is InChI=1S/C8H10N6S/c1-5-12-13-8(14(5)2)15-7-10-4-3-6(9)11-7/h3-4H,1-2H3,(H2,9,10,11). The molecule has 2 aromatic heterocycles. The lowest BCUT2D eigenvalue weighted by atomic mass is 10.6. The Hall–Kier alpha value is -1.63. The van der Waals surface area contributed by atoms with E-state index in [0.717, 1.165) is 11.0 Å². The van der Waals surface area contributed by atoms with Crippen LogP contribution < -0.4 is 5.73 Å². The first-order valence-corrected chi connectivity index (χ1v) is 5.11. The molecule has 0 bridgehead atoms. The second kappa shape index (κ2) is 3.85. The largest absolute Gasteiger partial charge is 0.384 e. The Morgan fingerprint density at radius 2 is 2.20 bits per heavy atom. The highest BCUT2D eigenvalue weighted by Crippen LogP contribution is 2.22. The second-order valence-electron chi connectivity index (χ2n) is 2.95. The fraction of sp³-hybridized carbons (Fsp3) is 0.250. The minimum atomic E-state index is 0.450. The summed E-state index contributed by atoms with van der Waals surface area (Å²) in [5, 5.41) is 9.26. The Labute approximate surface area is 90.9 Å². The van der Waals surface area contributed by atoms with Gasteiger partial charge in [0, 0.05) is 13.2 Å². The Bertz CT molecular complexity index is 480. The second-order valence-corrected chi connectivity index (χ2v) is 3.89. The van der Waals surface area contributed by atoms with E-state index >= 15 is 0 Å². The average Bonchev–Trinajstić information content (AvgIpc) is 2.50. The van der Waals surface area contributed by atoms with Crippen molar-refractivity contribution in [1.29, 1.82) is 0 Å². The van der Waals surface area contributed by atoms with Crippen LogP contribution in [0.3, 0.4) is 0 Å². The van der Waals surface area contributed by atoms with Crippen molar-refractivity contribution in [3.8, 4) is 0 Å². The van der Waals surface area contributed by atoms with Crippen LogP contribution in [0.1, 0.15) is 5.82 Å². The zero-order valence-corrected chi connectivity index (χ0v) is 9.19. The van der Waals surface area contributed by atoms with Gasteiger partial charge >= 0.3 is 0 Å². The molecule has 0 aromatic carbocycles. The normalized spacial score (nSPS) is 10.5. The van der Waals surface area contributed by atoms with Gasteiger partial charge in [-0.2, -0.15) is 0 Å². The molecule has 0 spiro atoms. The highest BCUT2D eigenvalue weighted by molar-refractivity contribution is 7.99. The third-order valence-corrected chi connectivity index (χ3v) is 2.81. The van der Waals surface area contributed by atoms with Gasteiger partial charge in [0.1, 0.15) is 11.6 Å². The third-order valence-electron chi connectivity index (χ3n) is 1.89. The molecule has 0 fully saturated rings. The van der Waals surface area contributed by atoms with Gasteiger partial charge in [-0.1, -0.05) is 0 Å². The van der Waals surface area contributed by atoms with Gasteiger partial charge < -0.3 is 10.3 Å². The topological polar surface area (TPSA) is 82.5 Å². The predicted octanol–water partition coefficient (Wildman–Crippen LogP) is 0.647. The number of hydrogen-bond donors (Lipinski definition) is 1. The van der Waals surface area contributed by atoms with Gasteiger partial charge in [-0.25, -0.2) is 9.97 Å². The van der Waals surface area contributed by atoms with E-state index in [0.29, 0.717) is 11.0 Å². The number of anilines is 1. The molecule has 0 saturated heterocycles.